The van der Waals surface area contributed by atoms with Crippen LogP contribution in [-0.4, -0.2) is 22.7 Å². The third-order valence-electron chi connectivity index (χ3n) is 3.88. The second-order valence-electron chi connectivity index (χ2n) is 6.41. The van der Waals surface area contributed by atoms with Crippen LogP contribution in [0.3, 0.4) is 0 Å². The first-order valence-electron chi connectivity index (χ1n) is 7.20. The van der Waals surface area contributed by atoms with E-state index < -0.39 is 0 Å². The Bertz CT molecular complexity index is 806. The lowest BCUT2D eigenvalue weighted by Crippen LogP contribution is -2.33. The summed E-state index contributed by atoms with van der Waals surface area (Å²) in [6.07, 6.45) is 1.14. The second kappa shape index (κ2) is 5.09. The van der Waals surface area contributed by atoms with Gasteiger partial charge in [-0.2, -0.15) is 9.78 Å². The fourth-order valence-corrected chi connectivity index (χ4v) is 2.89. The van der Waals surface area contributed by atoms with Crippen LogP contribution in [0.2, 0.25) is 0 Å². The first-order valence-corrected chi connectivity index (χ1v) is 7.20. The summed E-state index contributed by atoms with van der Waals surface area (Å²) in [5.74, 6) is 0.624. The van der Waals surface area contributed by atoms with Gasteiger partial charge in [0, 0.05) is 18.6 Å². The van der Waals surface area contributed by atoms with Gasteiger partial charge in [-0.1, -0.05) is 19.9 Å². The van der Waals surface area contributed by atoms with Crippen molar-refractivity contribution in [3.05, 3.63) is 51.9 Å². The van der Waals surface area contributed by atoms with Crippen molar-refractivity contribution in [1.82, 2.24) is 9.78 Å². The molecule has 22 heavy (non-hydrogen) atoms. The number of carbonyl (C=O) groups excluding carboxylic acids is 1. The number of ether oxygens (including phenoxy) is 1. The Hall–Kier alpha value is -2.43. The smallest absolute Gasteiger partial charge is 0.271 e. The van der Waals surface area contributed by atoms with Crippen molar-refractivity contribution in [3.63, 3.8) is 0 Å². The molecular weight excluding hydrogens is 280 g/mol. The van der Waals surface area contributed by atoms with Gasteiger partial charge in [0.05, 0.1) is 12.8 Å². The average molecular weight is 298 g/mol. The molecule has 1 aromatic carbocycles. The number of ketones is 1. The Morgan fingerprint density at radius 2 is 1.95 bits per heavy atom. The Morgan fingerprint density at radius 1 is 1.18 bits per heavy atom. The van der Waals surface area contributed by atoms with E-state index in [0.717, 1.165) is 5.56 Å². The molecule has 1 aliphatic rings. The molecule has 0 saturated carbocycles. The van der Waals surface area contributed by atoms with Gasteiger partial charge in [0.15, 0.2) is 5.78 Å². The lowest BCUT2D eigenvalue weighted by Gasteiger charge is -2.29. The minimum Gasteiger partial charge on any atom is -0.497 e. The highest BCUT2D eigenvalue weighted by atomic mass is 16.5. The zero-order chi connectivity index (χ0) is 15.9. The van der Waals surface area contributed by atoms with Crippen molar-refractivity contribution in [3.8, 4) is 11.4 Å². The molecule has 0 N–H and O–H groups in total. The van der Waals surface area contributed by atoms with Crippen LogP contribution in [0.25, 0.3) is 5.69 Å². The SMILES string of the molecule is COc1cccc(-n2nc3c(cc2=O)CC(C)(C)CC3=O)c1. The number of hydrogen-bond acceptors (Lipinski definition) is 4. The molecule has 5 nitrogen and oxygen atoms in total. The van der Waals surface area contributed by atoms with Crippen molar-refractivity contribution in [2.24, 2.45) is 5.41 Å². The van der Waals surface area contributed by atoms with Crippen LogP contribution in [0.15, 0.2) is 35.1 Å². The summed E-state index contributed by atoms with van der Waals surface area (Å²) in [7, 11) is 1.56. The van der Waals surface area contributed by atoms with Crippen LogP contribution in [0.5, 0.6) is 5.75 Å². The molecule has 1 heterocycles. The Kier molecular flexibility index (Phi) is 3.35. The summed E-state index contributed by atoms with van der Waals surface area (Å²) in [5.41, 5.74) is 1.37. The molecule has 2 aromatic rings. The molecule has 114 valence electrons. The zero-order valence-electron chi connectivity index (χ0n) is 12.9. The van der Waals surface area contributed by atoms with Crippen molar-refractivity contribution < 1.29 is 9.53 Å². The van der Waals surface area contributed by atoms with Gasteiger partial charge in [-0.05, 0) is 29.5 Å². The molecule has 0 bridgehead atoms. The first-order chi connectivity index (χ1) is 10.4. The largest absolute Gasteiger partial charge is 0.497 e. The zero-order valence-corrected chi connectivity index (χ0v) is 12.9. The number of carbonyl (C=O) groups is 1. The lowest BCUT2D eigenvalue weighted by molar-refractivity contribution is 0.0903. The van der Waals surface area contributed by atoms with Crippen LogP contribution in [0.4, 0.5) is 0 Å². The third-order valence-corrected chi connectivity index (χ3v) is 3.88. The minimum atomic E-state index is -0.238. The van der Waals surface area contributed by atoms with Gasteiger partial charge in [-0.25, -0.2) is 0 Å². The number of rotatable bonds is 2. The number of benzene rings is 1. The number of aromatic nitrogens is 2. The molecule has 0 unspecified atom stereocenters. The van der Waals surface area contributed by atoms with E-state index in [9.17, 15) is 9.59 Å². The van der Waals surface area contributed by atoms with Crippen LogP contribution in [-0.2, 0) is 6.42 Å². The lowest BCUT2D eigenvalue weighted by atomic mass is 9.75. The molecule has 1 aromatic heterocycles. The van der Waals surface area contributed by atoms with Crippen molar-refractivity contribution in [2.75, 3.05) is 7.11 Å². The molecular formula is C17H18N2O3. The maximum atomic E-state index is 12.4. The number of hydrogen-bond donors (Lipinski definition) is 0. The average Bonchev–Trinajstić information content (AvgIpc) is 2.45. The maximum absolute atomic E-state index is 12.4. The predicted molar refractivity (Wildman–Crippen MR) is 82.8 cm³/mol. The van der Waals surface area contributed by atoms with E-state index in [0.29, 0.717) is 30.0 Å². The van der Waals surface area contributed by atoms with Crippen molar-refractivity contribution in [2.45, 2.75) is 26.7 Å². The van der Waals surface area contributed by atoms with E-state index in [4.69, 9.17) is 4.74 Å². The highest BCUT2D eigenvalue weighted by Gasteiger charge is 2.32. The number of Topliss-reactive ketones (excluding diaryl/α,β-unsaturated/α-hetero) is 1. The monoisotopic (exact) mass is 298 g/mol. The quantitative estimate of drug-likeness (QED) is 0.854. The Morgan fingerprint density at radius 3 is 2.68 bits per heavy atom. The minimum absolute atomic E-state index is 0.0112. The molecule has 0 aliphatic heterocycles. The fraction of sp³-hybridized carbons (Fsp3) is 0.353. The molecule has 0 amide bonds. The number of fused-ring (bicyclic) bond motifs is 1. The van der Waals surface area contributed by atoms with Crippen LogP contribution >= 0.6 is 0 Å². The van der Waals surface area contributed by atoms with E-state index in [2.05, 4.69) is 5.10 Å². The summed E-state index contributed by atoms with van der Waals surface area (Å²) >= 11 is 0. The van der Waals surface area contributed by atoms with Gasteiger partial charge >= 0.3 is 0 Å². The van der Waals surface area contributed by atoms with Gasteiger partial charge < -0.3 is 4.74 Å². The summed E-state index contributed by atoms with van der Waals surface area (Å²) in [6, 6.07) is 8.59. The van der Waals surface area contributed by atoms with E-state index in [-0.39, 0.29) is 16.8 Å². The maximum Gasteiger partial charge on any atom is 0.271 e. The van der Waals surface area contributed by atoms with E-state index in [1.54, 1.807) is 31.4 Å². The van der Waals surface area contributed by atoms with Crippen molar-refractivity contribution >= 4 is 5.78 Å². The molecule has 0 radical (unpaired) electrons. The van der Waals surface area contributed by atoms with E-state index in [1.165, 1.54) is 10.7 Å². The van der Waals surface area contributed by atoms with E-state index in [1.807, 2.05) is 13.8 Å². The van der Waals surface area contributed by atoms with E-state index >= 15 is 0 Å². The summed E-state index contributed by atoms with van der Waals surface area (Å²) in [5, 5.41) is 4.30. The van der Waals surface area contributed by atoms with Gasteiger partial charge in [0.1, 0.15) is 11.4 Å². The standard InChI is InChI=1S/C17H18N2O3/c1-17(2)9-11-7-15(21)19(18-16(11)14(20)10-17)12-5-4-6-13(8-12)22-3/h4-8H,9-10H2,1-3H3. The highest BCUT2D eigenvalue weighted by Crippen LogP contribution is 2.33. The summed E-state index contributed by atoms with van der Waals surface area (Å²) < 4.78 is 6.43. The first kappa shape index (κ1) is 14.5. The second-order valence-corrected chi connectivity index (χ2v) is 6.41. The van der Waals surface area contributed by atoms with Gasteiger partial charge in [0.25, 0.3) is 5.56 Å². The Balaban J connectivity index is 2.14. The van der Waals surface area contributed by atoms with Crippen LogP contribution < -0.4 is 10.3 Å². The third kappa shape index (κ3) is 2.54. The molecule has 0 atom stereocenters. The molecule has 0 saturated heterocycles. The molecule has 1 aliphatic carbocycles. The Labute approximate surface area is 128 Å². The molecule has 0 spiro atoms. The van der Waals surface area contributed by atoms with Crippen LogP contribution in [0.1, 0.15) is 36.3 Å². The summed E-state index contributed by atoms with van der Waals surface area (Å²) in [6.45, 7) is 4.06. The summed E-state index contributed by atoms with van der Waals surface area (Å²) in [4.78, 5) is 24.7. The molecule has 5 heteroatoms. The predicted octanol–water partition coefficient (Wildman–Crippen LogP) is 2.40. The fourth-order valence-electron chi connectivity index (χ4n) is 2.89. The number of methoxy groups -OCH3 is 1. The molecule has 0 fully saturated rings. The van der Waals surface area contributed by atoms with Crippen molar-refractivity contribution in [1.29, 1.82) is 0 Å². The van der Waals surface area contributed by atoms with Crippen LogP contribution in [0, 0.1) is 5.41 Å². The number of nitrogens with zero attached hydrogens (tertiary/aromatic N) is 2. The normalized spacial score (nSPS) is 16.2. The van der Waals surface area contributed by atoms with Gasteiger partial charge in [-0.15, -0.1) is 0 Å². The van der Waals surface area contributed by atoms with Gasteiger partial charge in [0.2, 0.25) is 0 Å². The highest BCUT2D eigenvalue weighted by molar-refractivity contribution is 5.97. The van der Waals surface area contributed by atoms with Gasteiger partial charge in [-0.3, -0.25) is 9.59 Å². The topological polar surface area (TPSA) is 61.2 Å². The molecule has 3 rings (SSSR count).